The predicted molar refractivity (Wildman–Crippen MR) is 95.8 cm³/mol. The highest BCUT2D eigenvalue weighted by molar-refractivity contribution is 5.73. The van der Waals surface area contributed by atoms with Gasteiger partial charge in [-0.1, -0.05) is 18.2 Å². The largest absolute Gasteiger partial charge is 0.357 e. The van der Waals surface area contributed by atoms with Crippen LogP contribution < -0.4 is 15.5 Å². The maximum absolute atomic E-state index is 12.8. The number of piperidine rings is 1. The summed E-state index contributed by atoms with van der Waals surface area (Å²) < 4.78 is 12.8. The molecule has 0 aliphatic carbocycles. The standard InChI is InChI=1S/C19H23FN4O/c20-17-6-4-15(5-7-17)13-22-19(25)23-14-16-8-11-24(12-9-16)18-3-1-2-10-21-18/h1-7,10,16H,8-9,11-14H2,(H2,22,23,25). The summed E-state index contributed by atoms with van der Waals surface area (Å²) in [5, 5.41) is 5.73. The molecule has 1 saturated heterocycles. The molecular weight excluding hydrogens is 319 g/mol. The number of urea groups is 1. The van der Waals surface area contributed by atoms with Gasteiger partial charge in [0.25, 0.3) is 0 Å². The second-order valence-electron chi connectivity index (χ2n) is 6.31. The normalized spacial score (nSPS) is 15.0. The van der Waals surface area contributed by atoms with Crippen LogP contribution in [-0.2, 0) is 6.54 Å². The van der Waals surface area contributed by atoms with Crippen molar-refractivity contribution in [2.45, 2.75) is 19.4 Å². The van der Waals surface area contributed by atoms with Gasteiger partial charge in [-0.05, 0) is 48.6 Å². The first-order chi connectivity index (χ1) is 12.2. The molecule has 1 fully saturated rings. The van der Waals surface area contributed by atoms with Crippen molar-refractivity contribution in [2.75, 3.05) is 24.5 Å². The maximum Gasteiger partial charge on any atom is 0.315 e. The van der Waals surface area contributed by atoms with Crippen LogP contribution in [0.25, 0.3) is 0 Å². The number of anilines is 1. The highest BCUT2D eigenvalue weighted by atomic mass is 19.1. The first kappa shape index (κ1) is 17.2. The first-order valence-corrected chi connectivity index (χ1v) is 8.63. The molecule has 0 unspecified atom stereocenters. The van der Waals surface area contributed by atoms with E-state index in [0.717, 1.165) is 37.3 Å². The number of carbonyl (C=O) groups is 1. The average molecular weight is 342 g/mol. The summed E-state index contributed by atoms with van der Waals surface area (Å²) in [6, 6.07) is 11.9. The summed E-state index contributed by atoms with van der Waals surface area (Å²) in [7, 11) is 0. The monoisotopic (exact) mass is 342 g/mol. The van der Waals surface area contributed by atoms with Gasteiger partial charge >= 0.3 is 6.03 Å². The second-order valence-corrected chi connectivity index (χ2v) is 6.31. The molecule has 1 aliphatic rings. The van der Waals surface area contributed by atoms with E-state index in [1.807, 2.05) is 24.4 Å². The third-order valence-corrected chi connectivity index (χ3v) is 4.51. The Morgan fingerprint density at radius 3 is 2.56 bits per heavy atom. The zero-order chi connectivity index (χ0) is 17.5. The Kier molecular flexibility index (Phi) is 5.82. The molecule has 5 nitrogen and oxygen atoms in total. The fourth-order valence-corrected chi connectivity index (χ4v) is 2.99. The van der Waals surface area contributed by atoms with Crippen molar-refractivity contribution in [2.24, 2.45) is 5.92 Å². The number of pyridine rings is 1. The van der Waals surface area contributed by atoms with Crippen LogP contribution in [0.2, 0.25) is 0 Å². The summed E-state index contributed by atoms with van der Waals surface area (Å²) in [5.41, 5.74) is 0.875. The molecule has 2 heterocycles. The van der Waals surface area contributed by atoms with E-state index < -0.39 is 0 Å². The van der Waals surface area contributed by atoms with Gasteiger partial charge in [-0.2, -0.15) is 0 Å². The molecule has 1 aliphatic heterocycles. The van der Waals surface area contributed by atoms with Gasteiger partial charge in [0.2, 0.25) is 0 Å². The molecule has 2 N–H and O–H groups in total. The summed E-state index contributed by atoms with van der Waals surface area (Å²) in [6.45, 7) is 2.98. The van der Waals surface area contributed by atoms with Crippen LogP contribution in [0.15, 0.2) is 48.7 Å². The minimum absolute atomic E-state index is 0.184. The fraction of sp³-hybridized carbons (Fsp3) is 0.368. The van der Waals surface area contributed by atoms with Crippen molar-refractivity contribution in [3.8, 4) is 0 Å². The molecule has 0 bridgehead atoms. The van der Waals surface area contributed by atoms with Crippen LogP contribution in [0.1, 0.15) is 18.4 Å². The molecule has 1 aromatic carbocycles. The molecule has 0 spiro atoms. The smallest absolute Gasteiger partial charge is 0.315 e. The first-order valence-electron chi connectivity index (χ1n) is 8.63. The van der Waals surface area contributed by atoms with E-state index in [9.17, 15) is 9.18 Å². The van der Waals surface area contributed by atoms with Crippen LogP contribution in [0.4, 0.5) is 15.0 Å². The van der Waals surface area contributed by atoms with E-state index in [1.54, 1.807) is 12.1 Å². The fourth-order valence-electron chi connectivity index (χ4n) is 2.99. The number of rotatable bonds is 5. The van der Waals surface area contributed by atoms with Gasteiger partial charge in [-0.15, -0.1) is 0 Å². The van der Waals surface area contributed by atoms with Crippen LogP contribution >= 0.6 is 0 Å². The molecule has 2 amide bonds. The lowest BCUT2D eigenvalue weighted by molar-refractivity contribution is 0.237. The predicted octanol–water partition coefficient (Wildman–Crippen LogP) is 2.94. The zero-order valence-electron chi connectivity index (χ0n) is 14.1. The zero-order valence-corrected chi connectivity index (χ0v) is 14.1. The molecule has 0 saturated carbocycles. The highest BCUT2D eigenvalue weighted by Crippen LogP contribution is 2.20. The number of aromatic nitrogens is 1. The van der Waals surface area contributed by atoms with Crippen molar-refractivity contribution in [3.63, 3.8) is 0 Å². The van der Waals surface area contributed by atoms with Gasteiger partial charge in [-0.3, -0.25) is 0 Å². The number of nitrogens with one attached hydrogen (secondary N) is 2. The molecule has 0 atom stereocenters. The number of carbonyl (C=O) groups excluding carboxylic acids is 1. The minimum Gasteiger partial charge on any atom is -0.357 e. The molecule has 132 valence electrons. The number of benzene rings is 1. The molecule has 25 heavy (non-hydrogen) atoms. The van der Waals surface area contributed by atoms with Crippen LogP contribution in [0, 0.1) is 11.7 Å². The van der Waals surface area contributed by atoms with Crippen molar-refractivity contribution in [3.05, 3.63) is 60.0 Å². The van der Waals surface area contributed by atoms with Crippen molar-refractivity contribution in [1.29, 1.82) is 0 Å². The van der Waals surface area contributed by atoms with Gasteiger partial charge < -0.3 is 15.5 Å². The van der Waals surface area contributed by atoms with Gasteiger partial charge in [0, 0.05) is 32.4 Å². The second kappa shape index (κ2) is 8.46. The number of amides is 2. The maximum atomic E-state index is 12.8. The highest BCUT2D eigenvalue weighted by Gasteiger charge is 2.20. The summed E-state index contributed by atoms with van der Waals surface area (Å²) in [4.78, 5) is 18.6. The Hall–Kier alpha value is -2.63. The Bertz CT molecular complexity index is 670. The molecule has 1 aromatic heterocycles. The minimum atomic E-state index is -0.273. The molecule has 0 radical (unpaired) electrons. The number of halogens is 1. The van der Waals surface area contributed by atoms with Crippen molar-refractivity contribution in [1.82, 2.24) is 15.6 Å². The lowest BCUT2D eigenvalue weighted by atomic mass is 9.97. The Morgan fingerprint density at radius 1 is 1.12 bits per heavy atom. The Morgan fingerprint density at radius 2 is 1.88 bits per heavy atom. The van der Waals surface area contributed by atoms with E-state index in [2.05, 4.69) is 20.5 Å². The number of hydrogen-bond acceptors (Lipinski definition) is 3. The molecule has 6 heteroatoms. The van der Waals surface area contributed by atoms with Crippen molar-refractivity contribution >= 4 is 11.8 Å². The lowest BCUT2D eigenvalue weighted by Crippen LogP contribution is -2.42. The average Bonchev–Trinajstić information content (AvgIpc) is 2.67. The molecular formula is C19H23FN4O. The molecule has 2 aromatic rings. The third kappa shape index (κ3) is 5.17. The Labute approximate surface area is 147 Å². The van der Waals surface area contributed by atoms with E-state index in [-0.39, 0.29) is 11.8 Å². The Balaban J connectivity index is 1.35. The van der Waals surface area contributed by atoms with E-state index in [1.165, 1.54) is 12.1 Å². The summed E-state index contributed by atoms with van der Waals surface area (Å²) in [6.07, 6.45) is 3.89. The SMILES string of the molecule is O=C(NCc1ccc(F)cc1)NCC1CCN(c2ccccn2)CC1. The van der Waals surface area contributed by atoms with Gasteiger partial charge in [0.1, 0.15) is 11.6 Å². The van der Waals surface area contributed by atoms with Gasteiger partial charge in [0.15, 0.2) is 0 Å². The van der Waals surface area contributed by atoms with E-state index in [0.29, 0.717) is 19.0 Å². The van der Waals surface area contributed by atoms with Gasteiger partial charge in [-0.25, -0.2) is 14.2 Å². The quantitative estimate of drug-likeness (QED) is 0.878. The third-order valence-electron chi connectivity index (χ3n) is 4.51. The summed E-state index contributed by atoms with van der Waals surface area (Å²) in [5.74, 6) is 1.23. The van der Waals surface area contributed by atoms with E-state index >= 15 is 0 Å². The van der Waals surface area contributed by atoms with Crippen LogP contribution in [0.3, 0.4) is 0 Å². The van der Waals surface area contributed by atoms with Gasteiger partial charge in [0.05, 0.1) is 0 Å². The van der Waals surface area contributed by atoms with Crippen molar-refractivity contribution < 1.29 is 9.18 Å². The lowest BCUT2D eigenvalue weighted by Gasteiger charge is -2.32. The van der Waals surface area contributed by atoms with E-state index in [4.69, 9.17) is 0 Å². The topological polar surface area (TPSA) is 57.3 Å². The number of hydrogen-bond donors (Lipinski definition) is 2. The van der Waals surface area contributed by atoms with Crippen LogP contribution in [0.5, 0.6) is 0 Å². The van der Waals surface area contributed by atoms with Crippen LogP contribution in [-0.4, -0.2) is 30.6 Å². The number of nitrogens with zero attached hydrogens (tertiary/aromatic N) is 2. The summed E-state index contributed by atoms with van der Waals surface area (Å²) >= 11 is 0. The molecule has 3 rings (SSSR count).